The Balaban J connectivity index is 4.46. The fourth-order valence-corrected chi connectivity index (χ4v) is 0.751. The third-order valence-electron chi connectivity index (χ3n) is 1.57. The molecule has 0 atom stereocenters. The molecule has 13 heavy (non-hydrogen) atoms. The molecule has 2 N–H and O–H groups in total. The Morgan fingerprint density at radius 2 is 1.85 bits per heavy atom. The second-order valence-corrected chi connectivity index (χ2v) is 4.01. The largest absolute Gasteiger partial charge is 0.457 e. The summed E-state index contributed by atoms with van der Waals surface area (Å²) in [7, 11) is 0. The second kappa shape index (κ2) is 4.30. The molecule has 0 aliphatic carbocycles. The van der Waals surface area contributed by atoms with Gasteiger partial charge in [-0.05, 0) is 34.1 Å². The molecule has 76 valence electrons. The molecule has 0 aliphatic rings. The van der Waals surface area contributed by atoms with Crippen molar-refractivity contribution in [3.63, 3.8) is 0 Å². The summed E-state index contributed by atoms with van der Waals surface area (Å²) in [5.74, 6) is -0.327. The molecule has 0 amide bonds. The molecular formula is C10H19NO2. The van der Waals surface area contributed by atoms with Crippen LogP contribution in [-0.4, -0.2) is 11.6 Å². The quantitative estimate of drug-likeness (QED) is 0.528. The zero-order valence-corrected chi connectivity index (χ0v) is 9.10. The van der Waals surface area contributed by atoms with Crippen molar-refractivity contribution in [2.45, 2.75) is 46.6 Å². The van der Waals surface area contributed by atoms with Crippen molar-refractivity contribution in [3.05, 3.63) is 11.3 Å². The van der Waals surface area contributed by atoms with Crippen LogP contribution in [-0.2, 0) is 9.53 Å². The first-order chi connectivity index (χ1) is 5.78. The molecule has 3 nitrogen and oxygen atoms in total. The fourth-order valence-electron chi connectivity index (χ4n) is 0.751. The fraction of sp³-hybridized carbons (Fsp3) is 0.700. The molecule has 0 saturated heterocycles. The number of ether oxygens (including phenoxy) is 1. The highest BCUT2D eigenvalue weighted by atomic mass is 16.6. The number of rotatable bonds is 2. The summed E-state index contributed by atoms with van der Waals surface area (Å²) in [6, 6.07) is 0. The minimum Gasteiger partial charge on any atom is -0.457 e. The van der Waals surface area contributed by atoms with E-state index >= 15 is 0 Å². The first-order valence-corrected chi connectivity index (χ1v) is 4.46. The summed E-state index contributed by atoms with van der Waals surface area (Å²) in [5, 5.41) is 0. The number of nitrogens with two attached hydrogens (primary N) is 1. The van der Waals surface area contributed by atoms with E-state index in [9.17, 15) is 4.79 Å². The summed E-state index contributed by atoms with van der Waals surface area (Å²) in [4.78, 5) is 11.4. The predicted octanol–water partition coefficient (Wildman–Crippen LogP) is 1.97. The van der Waals surface area contributed by atoms with Crippen LogP contribution in [0.2, 0.25) is 0 Å². The van der Waals surface area contributed by atoms with E-state index in [-0.39, 0.29) is 5.97 Å². The van der Waals surface area contributed by atoms with Crippen molar-refractivity contribution < 1.29 is 9.53 Å². The minimum absolute atomic E-state index is 0.327. The van der Waals surface area contributed by atoms with Gasteiger partial charge in [-0.15, -0.1) is 0 Å². The Hall–Kier alpha value is -0.990. The number of allylic oxidation sites excluding steroid dienone is 1. The SMILES string of the molecule is CC/C(N)=C(/C)C(=O)OC(C)(C)C. The molecule has 0 aliphatic heterocycles. The van der Waals surface area contributed by atoms with E-state index in [0.29, 0.717) is 17.7 Å². The molecule has 0 spiro atoms. The van der Waals surface area contributed by atoms with Crippen molar-refractivity contribution >= 4 is 5.97 Å². The highest BCUT2D eigenvalue weighted by Crippen LogP contribution is 2.12. The minimum atomic E-state index is -0.452. The van der Waals surface area contributed by atoms with E-state index in [1.807, 2.05) is 27.7 Å². The molecule has 0 fully saturated rings. The van der Waals surface area contributed by atoms with Gasteiger partial charge in [0, 0.05) is 5.70 Å². The molecular weight excluding hydrogens is 166 g/mol. The van der Waals surface area contributed by atoms with Gasteiger partial charge in [0.05, 0.1) is 5.57 Å². The maximum atomic E-state index is 11.4. The molecule has 0 aromatic carbocycles. The molecule has 0 bridgehead atoms. The Morgan fingerprint density at radius 1 is 1.38 bits per heavy atom. The molecule has 3 heteroatoms. The normalized spacial score (nSPS) is 13.6. The Labute approximate surface area is 79.9 Å². The van der Waals surface area contributed by atoms with Gasteiger partial charge < -0.3 is 10.5 Å². The zero-order valence-electron chi connectivity index (χ0n) is 9.10. The van der Waals surface area contributed by atoms with Crippen LogP contribution in [0.5, 0.6) is 0 Å². The summed E-state index contributed by atoms with van der Waals surface area (Å²) >= 11 is 0. The number of carbonyl (C=O) groups excluding carboxylic acids is 1. The van der Waals surface area contributed by atoms with Gasteiger partial charge in [0.15, 0.2) is 0 Å². The van der Waals surface area contributed by atoms with Crippen LogP contribution in [0.25, 0.3) is 0 Å². The third kappa shape index (κ3) is 4.55. The maximum Gasteiger partial charge on any atom is 0.335 e. The lowest BCUT2D eigenvalue weighted by molar-refractivity contribution is -0.149. The van der Waals surface area contributed by atoms with Gasteiger partial charge in [-0.3, -0.25) is 0 Å². The van der Waals surface area contributed by atoms with E-state index in [4.69, 9.17) is 10.5 Å². The lowest BCUT2D eigenvalue weighted by Gasteiger charge is -2.20. The Kier molecular flexibility index (Phi) is 3.98. The lowest BCUT2D eigenvalue weighted by atomic mass is 10.1. The van der Waals surface area contributed by atoms with Gasteiger partial charge >= 0.3 is 5.97 Å². The average molecular weight is 185 g/mol. The Bertz CT molecular complexity index is 224. The van der Waals surface area contributed by atoms with E-state index in [0.717, 1.165) is 0 Å². The van der Waals surface area contributed by atoms with Crippen molar-refractivity contribution in [1.29, 1.82) is 0 Å². The average Bonchev–Trinajstić information content (AvgIpc) is 1.98. The maximum absolute atomic E-state index is 11.4. The highest BCUT2D eigenvalue weighted by Gasteiger charge is 2.18. The van der Waals surface area contributed by atoms with Gasteiger partial charge in [0.2, 0.25) is 0 Å². The molecule has 0 saturated carbocycles. The van der Waals surface area contributed by atoms with Crippen molar-refractivity contribution in [2.24, 2.45) is 5.73 Å². The van der Waals surface area contributed by atoms with Crippen LogP contribution < -0.4 is 5.73 Å². The summed E-state index contributed by atoms with van der Waals surface area (Å²) < 4.78 is 5.15. The standard InChI is InChI=1S/C10H19NO2/c1-6-8(11)7(2)9(12)13-10(3,4)5/h6,11H2,1-5H3/b8-7+. The number of hydrogen-bond acceptors (Lipinski definition) is 3. The van der Waals surface area contributed by atoms with Crippen LogP contribution in [0, 0.1) is 0 Å². The van der Waals surface area contributed by atoms with Crippen LogP contribution >= 0.6 is 0 Å². The van der Waals surface area contributed by atoms with Gasteiger partial charge in [-0.1, -0.05) is 6.92 Å². The molecule has 0 radical (unpaired) electrons. The van der Waals surface area contributed by atoms with Gasteiger partial charge in [-0.2, -0.15) is 0 Å². The Morgan fingerprint density at radius 3 is 2.15 bits per heavy atom. The van der Waals surface area contributed by atoms with Gasteiger partial charge in [0.25, 0.3) is 0 Å². The van der Waals surface area contributed by atoms with E-state index in [2.05, 4.69) is 0 Å². The number of hydrogen-bond donors (Lipinski definition) is 1. The summed E-state index contributed by atoms with van der Waals surface area (Å²) in [6.45, 7) is 9.09. The first-order valence-electron chi connectivity index (χ1n) is 4.46. The van der Waals surface area contributed by atoms with Crippen molar-refractivity contribution in [2.75, 3.05) is 0 Å². The molecule has 0 rings (SSSR count). The van der Waals surface area contributed by atoms with Crippen molar-refractivity contribution in [1.82, 2.24) is 0 Å². The molecule has 0 aromatic rings. The monoisotopic (exact) mass is 185 g/mol. The smallest absolute Gasteiger partial charge is 0.335 e. The van der Waals surface area contributed by atoms with E-state index in [1.165, 1.54) is 0 Å². The second-order valence-electron chi connectivity index (χ2n) is 4.01. The van der Waals surface area contributed by atoms with Crippen LogP contribution in [0.1, 0.15) is 41.0 Å². The van der Waals surface area contributed by atoms with Crippen LogP contribution in [0.15, 0.2) is 11.3 Å². The van der Waals surface area contributed by atoms with Gasteiger partial charge in [0.1, 0.15) is 5.60 Å². The number of carbonyl (C=O) groups is 1. The van der Waals surface area contributed by atoms with Crippen LogP contribution in [0.4, 0.5) is 0 Å². The van der Waals surface area contributed by atoms with E-state index < -0.39 is 5.60 Å². The highest BCUT2D eigenvalue weighted by molar-refractivity contribution is 5.88. The first kappa shape index (κ1) is 12.0. The van der Waals surface area contributed by atoms with Crippen molar-refractivity contribution in [3.8, 4) is 0 Å². The topological polar surface area (TPSA) is 52.3 Å². The van der Waals surface area contributed by atoms with Gasteiger partial charge in [-0.25, -0.2) is 4.79 Å². The summed E-state index contributed by atoms with van der Waals surface area (Å²) in [6.07, 6.45) is 0.672. The third-order valence-corrected chi connectivity index (χ3v) is 1.57. The van der Waals surface area contributed by atoms with Crippen LogP contribution in [0.3, 0.4) is 0 Å². The molecule has 0 unspecified atom stereocenters. The lowest BCUT2D eigenvalue weighted by Crippen LogP contribution is -2.25. The van der Waals surface area contributed by atoms with E-state index in [1.54, 1.807) is 6.92 Å². The molecule has 0 heterocycles. The number of esters is 1. The molecule has 0 aromatic heterocycles. The predicted molar refractivity (Wildman–Crippen MR) is 53.0 cm³/mol. The zero-order chi connectivity index (χ0) is 10.6. The summed E-state index contributed by atoms with van der Waals surface area (Å²) in [5.41, 5.74) is 6.27.